The molecule has 0 radical (unpaired) electrons. The molecule has 1 N–H and O–H groups in total. The number of nitrogens with zero attached hydrogens (tertiary/aromatic N) is 1. The third-order valence-corrected chi connectivity index (χ3v) is 7.34. The Morgan fingerprint density at radius 1 is 1.26 bits per heavy atom. The number of aryl methyl sites for hydroxylation is 1. The Kier molecular flexibility index (Phi) is 8.57. The maximum Gasteiger partial charge on any atom is 0.341 e. The minimum absolute atomic E-state index is 0.140. The summed E-state index contributed by atoms with van der Waals surface area (Å²) in [6, 6.07) is 0. The van der Waals surface area contributed by atoms with Gasteiger partial charge in [-0.1, -0.05) is 24.0 Å². The first-order chi connectivity index (χ1) is 12.9. The van der Waals surface area contributed by atoms with E-state index in [1.165, 1.54) is 28.0 Å². The second kappa shape index (κ2) is 10.4. The van der Waals surface area contributed by atoms with Crippen LogP contribution in [0.15, 0.2) is 0 Å². The predicted molar refractivity (Wildman–Crippen MR) is 118 cm³/mol. The zero-order chi connectivity index (χ0) is 20.0. The van der Waals surface area contributed by atoms with E-state index in [-0.39, 0.29) is 17.1 Å². The minimum atomic E-state index is -0.342. The van der Waals surface area contributed by atoms with Gasteiger partial charge in [-0.2, -0.15) is 0 Å². The average Bonchev–Trinajstić information content (AvgIpc) is 3.00. The number of thiocarbonyl (C=S) groups is 1. The lowest BCUT2D eigenvalue weighted by Crippen LogP contribution is -2.31. The summed E-state index contributed by atoms with van der Waals surface area (Å²) in [7, 11) is 0. The van der Waals surface area contributed by atoms with Gasteiger partial charge < -0.3 is 15.0 Å². The molecule has 1 atom stereocenters. The van der Waals surface area contributed by atoms with Gasteiger partial charge in [0.05, 0.1) is 17.4 Å². The van der Waals surface area contributed by atoms with E-state index in [0.29, 0.717) is 17.2 Å². The van der Waals surface area contributed by atoms with E-state index in [4.69, 9.17) is 17.0 Å². The largest absolute Gasteiger partial charge is 0.462 e. The predicted octanol–water partition coefficient (Wildman–Crippen LogP) is 4.49. The van der Waals surface area contributed by atoms with Gasteiger partial charge in [-0.25, -0.2) is 4.79 Å². The first kappa shape index (κ1) is 22.2. The Bertz CT molecular complexity index is 699. The van der Waals surface area contributed by atoms with Gasteiger partial charge in [-0.05, 0) is 58.9 Å². The lowest BCUT2D eigenvalue weighted by atomic mass is 9.95. The number of hydrogen-bond donors (Lipinski definition) is 1. The quantitative estimate of drug-likeness (QED) is 0.510. The van der Waals surface area contributed by atoms with Crippen molar-refractivity contribution in [1.29, 1.82) is 0 Å². The first-order valence-electron chi connectivity index (χ1n) is 9.50. The highest BCUT2D eigenvalue weighted by Crippen LogP contribution is 2.39. The van der Waals surface area contributed by atoms with Gasteiger partial charge >= 0.3 is 5.97 Å². The van der Waals surface area contributed by atoms with Gasteiger partial charge in [-0.3, -0.25) is 4.79 Å². The van der Waals surface area contributed by atoms with Crippen LogP contribution in [0.5, 0.6) is 0 Å². The summed E-state index contributed by atoms with van der Waals surface area (Å²) in [6.07, 6.45) is 4.01. The molecular weight excluding hydrogens is 400 g/mol. The molecule has 0 fully saturated rings. The molecule has 1 aliphatic rings. The molecule has 2 rings (SSSR count). The molecule has 0 saturated carbocycles. The van der Waals surface area contributed by atoms with Crippen molar-refractivity contribution in [2.45, 2.75) is 58.6 Å². The molecule has 8 heteroatoms. The summed E-state index contributed by atoms with van der Waals surface area (Å²) < 4.78 is 5.97. The fraction of sp³-hybridized carbons (Fsp3) is 0.632. The highest BCUT2D eigenvalue weighted by Gasteiger charge is 2.28. The molecule has 1 amide bonds. The Balaban J connectivity index is 2.16. The maximum absolute atomic E-state index is 12.7. The van der Waals surface area contributed by atoms with Crippen molar-refractivity contribution in [3.63, 3.8) is 0 Å². The van der Waals surface area contributed by atoms with Gasteiger partial charge in [0.25, 0.3) is 0 Å². The number of carbonyl (C=O) groups is 2. The van der Waals surface area contributed by atoms with Crippen LogP contribution in [0.25, 0.3) is 0 Å². The average molecular weight is 429 g/mol. The lowest BCUT2D eigenvalue weighted by molar-refractivity contribution is -0.115. The summed E-state index contributed by atoms with van der Waals surface area (Å²) in [4.78, 5) is 28.5. The number of hydrogen-bond acceptors (Lipinski definition) is 6. The van der Waals surface area contributed by atoms with E-state index in [0.717, 1.165) is 48.7 Å². The van der Waals surface area contributed by atoms with E-state index in [1.807, 2.05) is 20.8 Å². The summed E-state index contributed by atoms with van der Waals surface area (Å²) >= 11 is 8.33. The van der Waals surface area contributed by atoms with E-state index in [9.17, 15) is 9.59 Å². The molecule has 1 aromatic heterocycles. The second-order valence-electron chi connectivity index (χ2n) is 6.32. The lowest BCUT2D eigenvalue weighted by Gasteiger charge is -2.22. The maximum atomic E-state index is 12.7. The van der Waals surface area contributed by atoms with Crippen LogP contribution in [0.2, 0.25) is 0 Å². The standard InChI is InChI=1S/C19H28N2O3S3/c1-5-21(6-2)19(25)26-12(4)16(22)20-17-15(18(23)24-7-3)13-10-8-9-11-14(13)27-17/h12H,5-11H2,1-4H3,(H,20,22). The van der Waals surface area contributed by atoms with Crippen molar-refractivity contribution < 1.29 is 14.3 Å². The van der Waals surface area contributed by atoms with E-state index in [2.05, 4.69) is 10.2 Å². The smallest absolute Gasteiger partial charge is 0.341 e. The fourth-order valence-electron chi connectivity index (χ4n) is 3.05. The van der Waals surface area contributed by atoms with Crippen LogP contribution in [0.1, 0.15) is 61.3 Å². The SMILES string of the molecule is CCOC(=O)c1c(NC(=O)C(C)SC(=S)N(CC)CC)sc2c1CCCC2. The summed E-state index contributed by atoms with van der Waals surface area (Å²) in [5.41, 5.74) is 1.60. The van der Waals surface area contributed by atoms with Crippen molar-refractivity contribution in [1.82, 2.24) is 4.90 Å². The molecule has 1 heterocycles. The van der Waals surface area contributed by atoms with E-state index < -0.39 is 0 Å². The zero-order valence-corrected chi connectivity index (χ0v) is 18.9. The number of carbonyl (C=O) groups excluding carboxylic acids is 2. The van der Waals surface area contributed by atoms with Crippen molar-refractivity contribution >= 4 is 56.5 Å². The number of fused-ring (bicyclic) bond motifs is 1. The summed E-state index contributed by atoms with van der Waals surface area (Å²) in [6.45, 7) is 9.69. The minimum Gasteiger partial charge on any atom is -0.462 e. The van der Waals surface area contributed by atoms with Crippen molar-refractivity contribution in [3.8, 4) is 0 Å². The number of anilines is 1. The van der Waals surface area contributed by atoms with Gasteiger partial charge in [-0.15, -0.1) is 11.3 Å². The van der Waals surface area contributed by atoms with Crippen LogP contribution in [0.3, 0.4) is 0 Å². The molecule has 1 aromatic rings. The van der Waals surface area contributed by atoms with Gasteiger partial charge in [0.2, 0.25) is 5.91 Å². The Labute approximate surface area is 175 Å². The number of ether oxygens (including phenoxy) is 1. The van der Waals surface area contributed by atoms with Crippen LogP contribution in [-0.4, -0.2) is 46.0 Å². The third kappa shape index (κ3) is 5.45. The molecule has 0 aromatic carbocycles. The molecule has 5 nitrogen and oxygen atoms in total. The number of esters is 1. The van der Waals surface area contributed by atoms with Crippen LogP contribution in [-0.2, 0) is 22.4 Å². The summed E-state index contributed by atoms with van der Waals surface area (Å²) in [5, 5.41) is 3.24. The Morgan fingerprint density at radius 3 is 2.56 bits per heavy atom. The number of nitrogens with one attached hydrogen (secondary N) is 1. The third-order valence-electron chi connectivity index (χ3n) is 4.56. The molecule has 150 valence electrons. The number of rotatable bonds is 7. The molecule has 0 spiro atoms. The molecule has 0 saturated heterocycles. The van der Waals surface area contributed by atoms with Crippen LogP contribution in [0.4, 0.5) is 5.00 Å². The van der Waals surface area contributed by atoms with Crippen LogP contribution >= 0.6 is 35.3 Å². The number of amides is 1. The highest BCUT2D eigenvalue weighted by molar-refractivity contribution is 8.23. The molecule has 0 aliphatic heterocycles. The van der Waals surface area contributed by atoms with Gasteiger partial charge in [0.15, 0.2) is 0 Å². The van der Waals surface area contributed by atoms with Crippen molar-refractivity contribution in [2.24, 2.45) is 0 Å². The van der Waals surface area contributed by atoms with Crippen LogP contribution in [0, 0.1) is 0 Å². The molecule has 1 aliphatic carbocycles. The van der Waals surface area contributed by atoms with Crippen molar-refractivity contribution in [3.05, 3.63) is 16.0 Å². The normalized spacial score (nSPS) is 14.2. The van der Waals surface area contributed by atoms with E-state index >= 15 is 0 Å². The highest BCUT2D eigenvalue weighted by atomic mass is 32.2. The molecule has 1 unspecified atom stereocenters. The zero-order valence-electron chi connectivity index (χ0n) is 16.4. The monoisotopic (exact) mass is 428 g/mol. The first-order valence-corrected chi connectivity index (χ1v) is 11.6. The molecule has 0 bridgehead atoms. The fourth-order valence-corrected chi connectivity index (χ4v) is 5.89. The number of thioether (sulfide) groups is 1. The topological polar surface area (TPSA) is 58.6 Å². The number of thiophene rings is 1. The van der Waals surface area contributed by atoms with E-state index in [1.54, 1.807) is 6.92 Å². The molecular formula is C19H28N2O3S3. The second-order valence-corrected chi connectivity index (χ2v) is 9.40. The van der Waals surface area contributed by atoms with Gasteiger partial charge in [0, 0.05) is 18.0 Å². The summed E-state index contributed by atoms with van der Waals surface area (Å²) in [5.74, 6) is -0.482. The molecule has 27 heavy (non-hydrogen) atoms. The van der Waals surface area contributed by atoms with Crippen LogP contribution < -0.4 is 5.32 Å². The Hall–Kier alpha value is -1.12. The van der Waals surface area contributed by atoms with Crippen molar-refractivity contribution in [2.75, 3.05) is 25.0 Å². The Morgan fingerprint density at radius 2 is 1.93 bits per heavy atom. The van der Waals surface area contributed by atoms with Gasteiger partial charge in [0.1, 0.15) is 9.32 Å².